The summed E-state index contributed by atoms with van der Waals surface area (Å²) in [6.45, 7) is 0. The van der Waals surface area contributed by atoms with Crippen LogP contribution in [0.2, 0.25) is 0 Å². The standard InChI is InChI=1S/C63H42Br3NS3/c64-52-33-29-48(42-20-7-10-23-45(42)52)59(56-26-13-37-68-56)51-32-36-55(67(40-16-3-1-4-17-40)41-18-5-2-6-19-41)63(61(58-28-15-39-70-58)50-31-35-54(66)47-25-12-9-22-44(47)50)62(51)60(57-27-14-38-69-57)49-30-34-53(65)46-24-11-8-21-43(46)49/h1-39,59-61H. The topological polar surface area (TPSA) is 3.24 Å². The molecule has 3 unspecified atom stereocenters. The zero-order valence-electron chi connectivity index (χ0n) is 37.6. The van der Waals surface area contributed by atoms with Crippen molar-refractivity contribution in [3.05, 3.63) is 296 Å². The van der Waals surface area contributed by atoms with E-state index in [9.17, 15) is 0 Å². The molecule has 0 saturated heterocycles. The molecule has 0 aliphatic carbocycles. The molecule has 0 aliphatic rings. The van der Waals surface area contributed by atoms with Gasteiger partial charge in [-0.3, -0.25) is 0 Å². The van der Waals surface area contributed by atoms with Crippen LogP contribution in [0.25, 0.3) is 32.3 Å². The number of halogens is 3. The quantitative estimate of drug-likeness (QED) is 0.118. The number of rotatable bonds is 12. The summed E-state index contributed by atoms with van der Waals surface area (Å²) >= 11 is 17.5. The summed E-state index contributed by atoms with van der Waals surface area (Å²) in [4.78, 5) is 6.36. The van der Waals surface area contributed by atoms with Crippen LogP contribution in [0.1, 0.15) is 65.8 Å². The van der Waals surface area contributed by atoms with Crippen molar-refractivity contribution >= 4 is 131 Å². The molecule has 12 rings (SSSR count). The molecule has 3 heterocycles. The summed E-state index contributed by atoms with van der Waals surface area (Å²) < 4.78 is 3.26. The van der Waals surface area contributed by atoms with Gasteiger partial charge in [0, 0.05) is 57.2 Å². The minimum absolute atomic E-state index is 0.127. The van der Waals surface area contributed by atoms with E-state index >= 15 is 0 Å². The van der Waals surface area contributed by atoms with Crippen molar-refractivity contribution in [3.63, 3.8) is 0 Å². The fourth-order valence-corrected chi connectivity index (χ4v) is 14.6. The van der Waals surface area contributed by atoms with Gasteiger partial charge in [-0.05, 0) is 149 Å². The molecule has 3 aromatic heterocycles. The van der Waals surface area contributed by atoms with E-state index in [4.69, 9.17) is 0 Å². The summed E-state index contributed by atoms with van der Waals surface area (Å²) in [5, 5.41) is 14.0. The lowest BCUT2D eigenvalue weighted by Gasteiger charge is -2.37. The lowest BCUT2D eigenvalue weighted by Crippen LogP contribution is -2.21. The molecule has 3 atom stereocenters. The van der Waals surface area contributed by atoms with Crippen molar-refractivity contribution in [1.82, 2.24) is 0 Å². The van der Waals surface area contributed by atoms with Crippen LogP contribution in [-0.2, 0) is 0 Å². The molecule has 7 heteroatoms. The Morgan fingerprint density at radius 1 is 0.286 bits per heavy atom. The fraction of sp³-hybridized carbons (Fsp3) is 0.0476. The van der Waals surface area contributed by atoms with Crippen molar-refractivity contribution in [2.24, 2.45) is 0 Å². The van der Waals surface area contributed by atoms with Gasteiger partial charge in [0.25, 0.3) is 0 Å². The Morgan fingerprint density at radius 2 is 0.629 bits per heavy atom. The van der Waals surface area contributed by atoms with Gasteiger partial charge in [0.15, 0.2) is 0 Å². The van der Waals surface area contributed by atoms with Crippen LogP contribution in [0.15, 0.2) is 248 Å². The van der Waals surface area contributed by atoms with Gasteiger partial charge in [-0.2, -0.15) is 0 Å². The summed E-state index contributed by atoms with van der Waals surface area (Å²) in [5.74, 6) is -0.519. The summed E-state index contributed by atoms with van der Waals surface area (Å²) in [5.41, 5.74) is 11.0. The molecule has 0 saturated carbocycles. The van der Waals surface area contributed by atoms with Crippen molar-refractivity contribution < 1.29 is 0 Å². The number of nitrogens with zero attached hydrogens (tertiary/aromatic N) is 1. The first-order valence-corrected chi connectivity index (χ1v) is 28.2. The van der Waals surface area contributed by atoms with Gasteiger partial charge < -0.3 is 4.90 Å². The number of para-hydroxylation sites is 2. The first kappa shape index (κ1) is 45.3. The maximum Gasteiger partial charge on any atom is 0.0506 e. The number of anilines is 3. The van der Waals surface area contributed by atoms with E-state index < -0.39 is 0 Å². The van der Waals surface area contributed by atoms with Crippen molar-refractivity contribution in [3.8, 4) is 0 Å². The highest BCUT2D eigenvalue weighted by atomic mass is 79.9. The Hall–Kier alpha value is -5.90. The average molecular weight is 1150 g/mol. The maximum atomic E-state index is 4.01. The molecular weight excluding hydrogens is 1110 g/mol. The van der Waals surface area contributed by atoms with Crippen molar-refractivity contribution in [2.75, 3.05) is 4.90 Å². The molecule has 1 nitrogen and oxygen atoms in total. The minimum atomic E-state index is -0.201. The Kier molecular flexibility index (Phi) is 12.7. The molecule has 0 radical (unpaired) electrons. The minimum Gasteiger partial charge on any atom is -0.310 e. The van der Waals surface area contributed by atoms with Gasteiger partial charge in [0.05, 0.1) is 5.69 Å². The molecule has 12 aromatic rings. The maximum absolute atomic E-state index is 4.01. The smallest absolute Gasteiger partial charge is 0.0506 e. The third kappa shape index (κ3) is 8.20. The predicted octanol–water partition coefficient (Wildman–Crippen LogP) is 20.6. The summed E-state index contributed by atoms with van der Waals surface area (Å²) in [6.07, 6.45) is 0. The van der Waals surface area contributed by atoms with Crippen LogP contribution in [0.5, 0.6) is 0 Å². The first-order valence-electron chi connectivity index (χ1n) is 23.2. The fourth-order valence-electron chi connectivity index (χ4n) is 10.7. The molecule has 0 N–H and O–H groups in total. The summed E-state index contributed by atoms with van der Waals surface area (Å²) in [7, 11) is 0. The lowest BCUT2D eigenvalue weighted by molar-refractivity contribution is 0.876. The lowest BCUT2D eigenvalue weighted by atomic mass is 9.72. The van der Waals surface area contributed by atoms with Gasteiger partial charge in [-0.25, -0.2) is 0 Å². The SMILES string of the molecule is Brc1ccc(C(c2cccs2)c2ccc(N(c3ccccc3)c3ccccc3)c(C(c3cccs3)c3ccc(Br)c4ccccc34)c2C(c2cccs2)c2ccc(Br)c3ccccc23)c2ccccc12. The molecule has 0 fully saturated rings. The second kappa shape index (κ2) is 19.7. The normalized spacial score (nSPS) is 12.9. The monoisotopic (exact) mass is 1150 g/mol. The van der Waals surface area contributed by atoms with E-state index in [1.165, 1.54) is 80.3 Å². The second-order valence-electron chi connectivity index (χ2n) is 17.4. The van der Waals surface area contributed by atoms with Crippen molar-refractivity contribution in [1.29, 1.82) is 0 Å². The third-order valence-corrected chi connectivity index (χ3v) is 18.5. The molecule has 9 aromatic carbocycles. The first-order chi connectivity index (χ1) is 34.5. The zero-order valence-corrected chi connectivity index (χ0v) is 44.8. The predicted molar refractivity (Wildman–Crippen MR) is 312 cm³/mol. The Labute approximate surface area is 445 Å². The van der Waals surface area contributed by atoms with Crippen LogP contribution >= 0.6 is 81.8 Å². The van der Waals surface area contributed by atoms with Gasteiger partial charge in [0.1, 0.15) is 0 Å². The molecule has 70 heavy (non-hydrogen) atoms. The third-order valence-electron chi connectivity index (χ3n) is 13.6. The highest BCUT2D eigenvalue weighted by Crippen LogP contribution is 2.56. The molecule has 0 amide bonds. The Morgan fingerprint density at radius 3 is 1.03 bits per heavy atom. The van der Waals surface area contributed by atoms with E-state index in [-0.39, 0.29) is 17.8 Å². The van der Waals surface area contributed by atoms with E-state index in [2.05, 4.69) is 287 Å². The zero-order chi connectivity index (χ0) is 47.1. The van der Waals surface area contributed by atoms with Gasteiger partial charge in [-0.1, -0.05) is 199 Å². The van der Waals surface area contributed by atoms with E-state index in [0.717, 1.165) is 30.5 Å². The average Bonchev–Trinajstić information content (AvgIpc) is 4.25. The van der Waals surface area contributed by atoms with Crippen LogP contribution < -0.4 is 4.90 Å². The number of benzene rings is 9. The molecule has 0 aliphatic heterocycles. The van der Waals surface area contributed by atoms with Gasteiger partial charge in [-0.15, -0.1) is 34.0 Å². The molecule has 338 valence electrons. The van der Waals surface area contributed by atoms with Crippen molar-refractivity contribution in [2.45, 2.75) is 17.8 Å². The van der Waals surface area contributed by atoms with E-state index in [1.807, 2.05) is 34.0 Å². The number of fused-ring (bicyclic) bond motifs is 3. The highest BCUT2D eigenvalue weighted by Gasteiger charge is 2.38. The van der Waals surface area contributed by atoms with Gasteiger partial charge >= 0.3 is 0 Å². The van der Waals surface area contributed by atoms with E-state index in [1.54, 1.807) is 0 Å². The highest BCUT2D eigenvalue weighted by molar-refractivity contribution is 9.11. The second-order valence-corrected chi connectivity index (χ2v) is 22.9. The number of thiophene rings is 3. The van der Waals surface area contributed by atoms with E-state index in [0.29, 0.717) is 0 Å². The van der Waals surface area contributed by atoms with Crippen LogP contribution in [0.4, 0.5) is 17.1 Å². The number of hydrogen-bond donors (Lipinski definition) is 0. The largest absolute Gasteiger partial charge is 0.310 e. The van der Waals surface area contributed by atoms with Gasteiger partial charge in [0.2, 0.25) is 0 Å². The summed E-state index contributed by atoms with van der Waals surface area (Å²) in [6, 6.07) is 81.2. The van der Waals surface area contributed by atoms with Crippen LogP contribution in [0, 0.1) is 0 Å². The molecule has 0 spiro atoms. The van der Waals surface area contributed by atoms with Crippen LogP contribution in [0.3, 0.4) is 0 Å². The Bertz CT molecular complexity index is 3740. The molecule has 0 bridgehead atoms. The van der Waals surface area contributed by atoms with Crippen LogP contribution in [-0.4, -0.2) is 0 Å². The molecular formula is C63H42Br3NS3. The number of hydrogen-bond acceptors (Lipinski definition) is 4. The Balaban J connectivity index is 1.33.